The number of aliphatic hydroxyl groups is 1. The standard InChI is InChI=1S/C8H12N2OS/c1-6-3-9-10(2)7(6)8(11)4-12-5-8/h3,11H,4-5H2,1-2H3. The molecule has 0 aliphatic carbocycles. The Morgan fingerprint density at radius 2 is 2.33 bits per heavy atom. The smallest absolute Gasteiger partial charge is 0.124 e. The average Bonchev–Trinajstić information content (AvgIpc) is 2.27. The largest absolute Gasteiger partial charge is 0.382 e. The first-order valence-corrected chi connectivity index (χ1v) is 5.08. The lowest BCUT2D eigenvalue weighted by molar-refractivity contribution is 0.0672. The summed E-state index contributed by atoms with van der Waals surface area (Å²) >= 11 is 1.77. The number of rotatable bonds is 1. The maximum absolute atomic E-state index is 10.1. The summed E-state index contributed by atoms with van der Waals surface area (Å²) in [5, 5.41) is 14.2. The molecule has 2 rings (SSSR count). The van der Waals surface area contributed by atoms with Crippen LogP contribution in [0.3, 0.4) is 0 Å². The van der Waals surface area contributed by atoms with Gasteiger partial charge >= 0.3 is 0 Å². The number of nitrogens with zero attached hydrogens (tertiary/aromatic N) is 2. The molecule has 1 aromatic heterocycles. The summed E-state index contributed by atoms with van der Waals surface area (Å²) in [4.78, 5) is 0. The fourth-order valence-corrected chi connectivity index (χ4v) is 2.51. The molecule has 0 amide bonds. The minimum Gasteiger partial charge on any atom is -0.382 e. The number of hydrogen-bond acceptors (Lipinski definition) is 3. The highest BCUT2D eigenvalue weighted by Gasteiger charge is 2.40. The van der Waals surface area contributed by atoms with Gasteiger partial charge in [-0.3, -0.25) is 4.68 Å². The van der Waals surface area contributed by atoms with Gasteiger partial charge in [0.15, 0.2) is 0 Å². The number of aromatic nitrogens is 2. The van der Waals surface area contributed by atoms with Crippen LogP contribution >= 0.6 is 11.8 Å². The van der Waals surface area contributed by atoms with Crippen LogP contribution in [0.2, 0.25) is 0 Å². The Hall–Kier alpha value is -0.480. The van der Waals surface area contributed by atoms with Gasteiger partial charge < -0.3 is 5.11 Å². The second-order valence-electron chi connectivity index (χ2n) is 3.32. The van der Waals surface area contributed by atoms with Crippen molar-refractivity contribution in [1.82, 2.24) is 9.78 Å². The molecule has 66 valence electrons. The number of hydrogen-bond donors (Lipinski definition) is 1. The average molecular weight is 184 g/mol. The van der Waals surface area contributed by atoms with Gasteiger partial charge in [-0.25, -0.2) is 0 Å². The van der Waals surface area contributed by atoms with E-state index in [-0.39, 0.29) is 0 Å². The van der Waals surface area contributed by atoms with Crippen LogP contribution in [0.1, 0.15) is 11.3 Å². The molecule has 1 N–H and O–H groups in total. The van der Waals surface area contributed by atoms with Crippen LogP contribution in [0.4, 0.5) is 0 Å². The van der Waals surface area contributed by atoms with Crippen LogP contribution in [0.25, 0.3) is 0 Å². The molecule has 3 nitrogen and oxygen atoms in total. The molecule has 2 heterocycles. The van der Waals surface area contributed by atoms with E-state index in [2.05, 4.69) is 5.10 Å². The van der Waals surface area contributed by atoms with E-state index in [1.807, 2.05) is 14.0 Å². The van der Waals surface area contributed by atoms with Crippen LogP contribution in [0.5, 0.6) is 0 Å². The molecule has 1 aliphatic rings. The Labute approximate surface area is 75.8 Å². The molecule has 1 aromatic rings. The van der Waals surface area contributed by atoms with Crippen molar-refractivity contribution >= 4 is 11.8 Å². The molecule has 0 aromatic carbocycles. The molecule has 0 radical (unpaired) electrons. The van der Waals surface area contributed by atoms with Gasteiger partial charge in [-0.05, 0) is 12.5 Å². The third kappa shape index (κ3) is 0.983. The van der Waals surface area contributed by atoms with Crippen molar-refractivity contribution in [3.05, 3.63) is 17.5 Å². The molecule has 0 spiro atoms. The normalized spacial score (nSPS) is 20.6. The lowest BCUT2D eigenvalue weighted by Crippen LogP contribution is -2.42. The predicted octanol–water partition coefficient (Wildman–Crippen LogP) is 0.663. The van der Waals surface area contributed by atoms with Crippen molar-refractivity contribution in [3.8, 4) is 0 Å². The summed E-state index contributed by atoms with van der Waals surface area (Å²) in [5.74, 6) is 1.60. The highest BCUT2D eigenvalue weighted by Crippen LogP contribution is 2.39. The molecular weight excluding hydrogens is 172 g/mol. The summed E-state index contributed by atoms with van der Waals surface area (Å²) in [6, 6.07) is 0. The Kier molecular flexibility index (Phi) is 1.70. The van der Waals surface area contributed by atoms with E-state index >= 15 is 0 Å². The molecule has 1 aliphatic heterocycles. The molecule has 0 bridgehead atoms. The minimum atomic E-state index is -0.611. The second kappa shape index (κ2) is 2.50. The first-order valence-electron chi connectivity index (χ1n) is 3.93. The lowest BCUT2D eigenvalue weighted by Gasteiger charge is -2.36. The van der Waals surface area contributed by atoms with Crippen molar-refractivity contribution < 1.29 is 5.11 Å². The zero-order valence-electron chi connectivity index (χ0n) is 7.24. The molecule has 0 saturated carbocycles. The van der Waals surface area contributed by atoms with E-state index in [9.17, 15) is 5.11 Å². The van der Waals surface area contributed by atoms with Crippen molar-refractivity contribution in [2.45, 2.75) is 12.5 Å². The third-order valence-electron chi connectivity index (χ3n) is 2.24. The topological polar surface area (TPSA) is 38.0 Å². The number of aryl methyl sites for hydroxylation is 2. The minimum absolute atomic E-state index is 0.611. The first-order chi connectivity index (χ1) is 5.63. The van der Waals surface area contributed by atoms with Crippen LogP contribution in [-0.4, -0.2) is 26.4 Å². The van der Waals surface area contributed by atoms with E-state index in [1.165, 1.54) is 0 Å². The maximum Gasteiger partial charge on any atom is 0.124 e. The summed E-state index contributed by atoms with van der Waals surface area (Å²) in [5.41, 5.74) is 1.45. The van der Waals surface area contributed by atoms with Gasteiger partial charge in [-0.15, -0.1) is 0 Å². The molecule has 1 saturated heterocycles. The van der Waals surface area contributed by atoms with Gasteiger partial charge in [-0.2, -0.15) is 16.9 Å². The van der Waals surface area contributed by atoms with Crippen molar-refractivity contribution in [3.63, 3.8) is 0 Å². The summed E-state index contributed by atoms with van der Waals surface area (Å²) in [7, 11) is 1.88. The predicted molar refractivity (Wildman–Crippen MR) is 49.2 cm³/mol. The zero-order valence-corrected chi connectivity index (χ0v) is 8.06. The molecule has 1 fully saturated rings. The van der Waals surface area contributed by atoms with Crippen molar-refractivity contribution in [2.24, 2.45) is 7.05 Å². The summed E-state index contributed by atoms with van der Waals surface area (Å²) in [6.07, 6.45) is 1.80. The molecule has 12 heavy (non-hydrogen) atoms. The molecule has 0 atom stereocenters. The summed E-state index contributed by atoms with van der Waals surface area (Å²) in [6.45, 7) is 1.99. The highest BCUT2D eigenvalue weighted by atomic mass is 32.2. The van der Waals surface area contributed by atoms with Crippen LogP contribution in [-0.2, 0) is 12.6 Å². The summed E-state index contributed by atoms with van der Waals surface area (Å²) < 4.78 is 1.77. The molecular formula is C8H12N2OS. The van der Waals surface area contributed by atoms with Gasteiger partial charge in [0.1, 0.15) is 5.60 Å². The first kappa shape index (κ1) is 8.13. The number of thioether (sulfide) groups is 1. The van der Waals surface area contributed by atoms with Crippen molar-refractivity contribution in [1.29, 1.82) is 0 Å². The Balaban J connectivity index is 2.44. The van der Waals surface area contributed by atoms with Gasteiger partial charge in [-0.1, -0.05) is 0 Å². The maximum atomic E-state index is 10.1. The van der Waals surface area contributed by atoms with Gasteiger partial charge in [0, 0.05) is 18.6 Å². The van der Waals surface area contributed by atoms with Gasteiger partial charge in [0.25, 0.3) is 0 Å². The SMILES string of the molecule is Cc1cnn(C)c1C1(O)CSC1. The Morgan fingerprint density at radius 3 is 2.67 bits per heavy atom. The quantitative estimate of drug-likeness (QED) is 0.697. The second-order valence-corrected chi connectivity index (χ2v) is 4.31. The van der Waals surface area contributed by atoms with E-state index in [4.69, 9.17) is 0 Å². The lowest BCUT2D eigenvalue weighted by atomic mass is 10.0. The zero-order chi connectivity index (χ0) is 8.77. The van der Waals surface area contributed by atoms with E-state index < -0.39 is 5.60 Å². The van der Waals surface area contributed by atoms with E-state index in [0.29, 0.717) is 0 Å². The Bertz CT molecular complexity index is 285. The van der Waals surface area contributed by atoms with Crippen molar-refractivity contribution in [2.75, 3.05) is 11.5 Å². The Morgan fingerprint density at radius 1 is 1.67 bits per heavy atom. The van der Waals surface area contributed by atoms with Crippen LogP contribution in [0, 0.1) is 6.92 Å². The van der Waals surface area contributed by atoms with Crippen LogP contribution < -0.4 is 0 Å². The van der Waals surface area contributed by atoms with E-state index in [1.54, 1.807) is 22.6 Å². The van der Waals surface area contributed by atoms with Gasteiger partial charge in [0.05, 0.1) is 11.9 Å². The molecule has 0 unspecified atom stereocenters. The van der Waals surface area contributed by atoms with Gasteiger partial charge in [0.2, 0.25) is 0 Å². The monoisotopic (exact) mass is 184 g/mol. The van der Waals surface area contributed by atoms with E-state index in [0.717, 1.165) is 22.8 Å². The molecule has 4 heteroatoms. The van der Waals surface area contributed by atoms with Crippen LogP contribution in [0.15, 0.2) is 6.20 Å². The fourth-order valence-electron chi connectivity index (χ4n) is 1.65. The third-order valence-corrected chi connectivity index (χ3v) is 3.61. The highest BCUT2D eigenvalue weighted by molar-refractivity contribution is 8.00. The fraction of sp³-hybridized carbons (Fsp3) is 0.625.